The number of hydrogen-bond acceptors (Lipinski definition) is 5. The number of phenols is 1. The van der Waals surface area contributed by atoms with E-state index in [0.29, 0.717) is 5.13 Å². The highest BCUT2D eigenvalue weighted by atomic mass is 32.1. The van der Waals surface area contributed by atoms with Crippen LogP contribution in [-0.2, 0) is 4.79 Å². The van der Waals surface area contributed by atoms with Gasteiger partial charge in [0.05, 0.1) is 5.41 Å². The minimum atomic E-state index is -0.746. The molecule has 1 amide bonds. The molecular weight excluding hydrogens is 334 g/mol. The standard InChI is InChI=1S/C19H19N3O2S/c1-19(2,17(24)22-18-20-12-21-25-18)16(13-6-4-3-5-7-13)14-8-10-15(23)11-9-14/h3-12,16,23H,1-2H3,(H,20,21,22,24)/t16-/m0/s1. The number of benzene rings is 2. The number of nitrogens with one attached hydrogen (secondary N) is 1. The van der Waals surface area contributed by atoms with Crippen LogP contribution in [0, 0.1) is 5.41 Å². The van der Waals surface area contributed by atoms with Gasteiger partial charge in [0.1, 0.15) is 12.1 Å². The van der Waals surface area contributed by atoms with E-state index in [-0.39, 0.29) is 17.6 Å². The zero-order valence-electron chi connectivity index (χ0n) is 14.0. The van der Waals surface area contributed by atoms with Crippen LogP contribution in [0.1, 0.15) is 30.9 Å². The van der Waals surface area contributed by atoms with Gasteiger partial charge in [-0.05, 0) is 23.3 Å². The molecule has 25 heavy (non-hydrogen) atoms. The SMILES string of the molecule is CC(C)(C(=O)Nc1ncns1)[C@@H](c1ccccc1)c1ccc(O)cc1. The van der Waals surface area contributed by atoms with Crippen LogP contribution in [0.2, 0.25) is 0 Å². The molecule has 0 saturated carbocycles. The number of amides is 1. The maximum absolute atomic E-state index is 13.0. The molecule has 1 heterocycles. The second-order valence-electron chi connectivity index (χ2n) is 6.36. The molecule has 2 aromatic carbocycles. The minimum absolute atomic E-state index is 0.133. The molecule has 1 aromatic heterocycles. The number of anilines is 1. The van der Waals surface area contributed by atoms with Gasteiger partial charge in [0.15, 0.2) is 0 Å². The summed E-state index contributed by atoms with van der Waals surface area (Å²) in [6.45, 7) is 3.82. The normalized spacial score (nSPS) is 12.6. The van der Waals surface area contributed by atoms with Crippen molar-refractivity contribution >= 4 is 22.6 Å². The summed E-state index contributed by atoms with van der Waals surface area (Å²) in [7, 11) is 0. The molecule has 0 spiro atoms. The van der Waals surface area contributed by atoms with Crippen LogP contribution in [0.4, 0.5) is 5.13 Å². The highest BCUT2D eigenvalue weighted by Crippen LogP contribution is 2.42. The Morgan fingerprint density at radius 1 is 1.08 bits per heavy atom. The number of nitrogens with zero attached hydrogens (tertiary/aromatic N) is 2. The van der Waals surface area contributed by atoms with Crippen molar-refractivity contribution < 1.29 is 9.90 Å². The maximum atomic E-state index is 13.0. The number of rotatable bonds is 5. The van der Waals surface area contributed by atoms with Crippen molar-refractivity contribution in [1.29, 1.82) is 0 Å². The lowest BCUT2D eigenvalue weighted by molar-refractivity contribution is -0.124. The Morgan fingerprint density at radius 3 is 2.32 bits per heavy atom. The summed E-state index contributed by atoms with van der Waals surface area (Å²) in [6, 6.07) is 16.9. The summed E-state index contributed by atoms with van der Waals surface area (Å²) in [5.41, 5.74) is 1.25. The van der Waals surface area contributed by atoms with Gasteiger partial charge in [0.2, 0.25) is 11.0 Å². The molecule has 0 aliphatic heterocycles. The third-order valence-corrected chi connectivity index (χ3v) is 4.83. The number of aromatic hydroxyl groups is 1. The van der Waals surface area contributed by atoms with Crippen molar-refractivity contribution in [3.8, 4) is 5.75 Å². The minimum Gasteiger partial charge on any atom is -0.508 e. The molecule has 5 nitrogen and oxygen atoms in total. The second kappa shape index (κ2) is 7.03. The molecule has 128 valence electrons. The highest BCUT2D eigenvalue weighted by Gasteiger charge is 2.39. The smallest absolute Gasteiger partial charge is 0.232 e. The van der Waals surface area contributed by atoms with Crippen molar-refractivity contribution in [1.82, 2.24) is 9.36 Å². The molecular formula is C19H19N3O2S. The Balaban J connectivity index is 2.00. The van der Waals surface area contributed by atoms with Crippen LogP contribution >= 0.6 is 11.5 Å². The lowest BCUT2D eigenvalue weighted by Gasteiger charge is -2.33. The van der Waals surface area contributed by atoms with Gasteiger partial charge >= 0.3 is 0 Å². The molecule has 2 N–H and O–H groups in total. The van der Waals surface area contributed by atoms with Gasteiger partial charge in [-0.1, -0.05) is 56.3 Å². The van der Waals surface area contributed by atoms with E-state index in [2.05, 4.69) is 14.7 Å². The third kappa shape index (κ3) is 3.69. The number of carbonyl (C=O) groups excluding carboxylic acids is 1. The van der Waals surface area contributed by atoms with Gasteiger partial charge in [-0.2, -0.15) is 4.37 Å². The monoisotopic (exact) mass is 353 g/mol. The summed E-state index contributed by atoms with van der Waals surface area (Å²) in [6.07, 6.45) is 1.42. The first-order chi connectivity index (χ1) is 12.0. The fourth-order valence-electron chi connectivity index (χ4n) is 2.96. The van der Waals surface area contributed by atoms with Gasteiger partial charge in [-0.15, -0.1) is 0 Å². The second-order valence-corrected chi connectivity index (χ2v) is 7.14. The van der Waals surface area contributed by atoms with Gasteiger partial charge in [-0.3, -0.25) is 4.79 Å². The number of hydrogen-bond donors (Lipinski definition) is 2. The van der Waals surface area contributed by atoms with Crippen molar-refractivity contribution in [2.24, 2.45) is 5.41 Å². The van der Waals surface area contributed by atoms with Crippen LogP contribution in [0.25, 0.3) is 0 Å². The number of carbonyl (C=O) groups is 1. The molecule has 0 unspecified atom stereocenters. The quantitative estimate of drug-likeness (QED) is 0.726. The lowest BCUT2D eigenvalue weighted by Crippen LogP contribution is -2.37. The molecule has 0 saturated heterocycles. The zero-order chi connectivity index (χ0) is 17.9. The molecule has 6 heteroatoms. The van der Waals surface area contributed by atoms with E-state index in [4.69, 9.17) is 0 Å². The average molecular weight is 353 g/mol. The van der Waals surface area contributed by atoms with Crippen molar-refractivity contribution in [2.75, 3.05) is 5.32 Å². The molecule has 0 aliphatic rings. The number of aromatic nitrogens is 2. The van der Waals surface area contributed by atoms with Crippen LogP contribution in [0.15, 0.2) is 60.9 Å². The fourth-order valence-corrected chi connectivity index (χ4v) is 3.38. The molecule has 3 aromatic rings. The van der Waals surface area contributed by atoms with Gasteiger partial charge in [0.25, 0.3) is 0 Å². The van der Waals surface area contributed by atoms with Gasteiger partial charge < -0.3 is 10.4 Å². The largest absolute Gasteiger partial charge is 0.508 e. The van der Waals surface area contributed by atoms with Gasteiger partial charge in [-0.25, -0.2) is 4.98 Å². The Morgan fingerprint density at radius 2 is 1.72 bits per heavy atom. The molecule has 0 fully saturated rings. The highest BCUT2D eigenvalue weighted by molar-refractivity contribution is 7.09. The third-order valence-electron chi connectivity index (χ3n) is 4.25. The van der Waals surface area contributed by atoms with Gasteiger partial charge in [0, 0.05) is 17.5 Å². The van der Waals surface area contributed by atoms with Crippen molar-refractivity contribution in [3.63, 3.8) is 0 Å². The first-order valence-corrected chi connectivity index (χ1v) is 8.68. The van der Waals surface area contributed by atoms with E-state index in [1.165, 1.54) is 6.33 Å². The summed E-state index contributed by atoms with van der Waals surface area (Å²) in [5.74, 6) is -0.111. The Hall–Kier alpha value is -2.73. The molecule has 1 atom stereocenters. The van der Waals surface area contributed by atoms with E-state index in [1.807, 2.05) is 56.3 Å². The molecule has 0 aliphatic carbocycles. The van der Waals surface area contributed by atoms with Crippen molar-refractivity contribution in [2.45, 2.75) is 19.8 Å². The topological polar surface area (TPSA) is 75.1 Å². The van der Waals surface area contributed by atoms with E-state index < -0.39 is 5.41 Å². The van der Waals surface area contributed by atoms with E-state index in [0.717, 1.165) is 22.7 Å². The molecule has 0 radical (unpaired) electrons. The average Bonchev–Trinajstić information content (AvgIpc) is 3.11. The van der Waals surface area contributed by atoms with Crippen molar-refractivity contribution in [3.05, 3.63) is 72.1 Å². The fraction of sp³-hybridized carbons (Fsp3) is 0.211. The van der Waals surface area contributed by atoms with Crippen LogP contribution in [0.5, 0.6) is 5.75 Å². The molecule has 0 bridgehead atoms. The first-order valence-electron chi connectivity index (χ1n) is 7.90. The summed E-state index contributed by atoms with van der Waals surface area (Å²) < 4.78 is 3.92. The Labute approximate surface area is 150 Å². The lowest BCUT2D eigenvalue weighted by atomic mass is 9.70. The van der Waals surface area contributed by atoms with Crippen LogP contribution in [0.3, 0.4) is 0 Å². The number of phenolic OH excluding ortho intramolecular Hbond substituents is 1. The predicted octanol–water partition coefficient (Wildman–Crippen LogP) is 4.04. The maximum Gasteiger partial charge on any atom is 0.232 e. The summed E-state index contributed by atoms with van der Waals surface area (Å²) in [5, 5.41) is 12.9. The van der Waals surface area contributed by atoms with Crippen LogP contribution in [-0.4, -0.2) is 20.4 Å². The molecule has 3 rings (SSSR count). The van der Waals surface area contributed by atoms with E-state index >= 15 is 0 Å². The first kappa shape index (κ1) is 17.1. The zero-order valence-corrected chi connectivity index (χ0v) is 14.8. The Bertz CT molecular complexity index is 831. The van der Waals surface area contributed by atoms with Crippen LogP contribution < -0.4 is 5.32 Å². The van der Waals surface area contributed by atoms with E-state index in [1.54, 1.807) is 12.1 Å². The summed E-state index contributed by atoms with van der Waals surface area (Å²) >= 11 is 1.15. The Kier molecular flexibility index (Phi) is 4.81. The van der Waals surface area contributed by atoms with E-state index in [9.17, 15) is 9.90 Å². The predicted molar refractivity (Wildman–Crippen MR) is 98.7 cm³/mol. The summed E-state index contributed by atoms with van der Waals surface area (Å²) in [4.78, 5) is 17.0.